The van der Waals surface area contributed by atoms with E-state index in [1.807, 2.05) is 19.1 Å². The third-order valence-corrected chi connectivity index (χ3v) is 3.99. The van der Waals surface area contributed by atoms with Crippen molar-refractivity contribution in [1.82, 2.24) is 15.0 Å². The van der Waals surface area contributed by atoms with Crippen LogP contribution in [0.15, 0.2) is 47.0 Å². The molecule has 0 unspecified atom stereocenters. The van der Waals surface area contributed by atoms with Gasteiger partial charge in [0.2, 0.25) is 0 Å². The van der Waals surface area contributed by atoms with E-state index in [0.29, 0.717) is 0 Å². The predicted octanol–water partition coefficient (Wildman–Crippen LogP) is 2.81. The van der Waals surface area contributed by atoms with Crippen molar-refractivity contribution in [3.8, 4) is 0 Å². The van der Waals surface area contributed by atoms with Crippen molar-refractivity contribution >= 4 is 6.08 Å². The van der Waals surface area contributed by atoms with E-state index in [1.165, 1.54) is 5.56 Å². The summed E-state index contributed by atoms with van der Waals surface area (Å²) in [4.78, 5) is 4.92. The van der Waals surface area contributed by atoms with Crippen LogP contribution in [0.5, 0.6) is 0 Å². The minimum absolute atomic E-state index is 0.870. The first-order valence-electron chi connectivity index (χ1n) is 7.88. The van der Waals surface area contributed by atoms with Crippen LogP contribution < -0.4 is 0 Å². The lowest BCUT2D eigenvalue weighted by Gasteiger charge is -2.33. The SMILES string of the molecule is Cc1cc(CN2CCN(C/C=C/c3ccccc3)CC2)on1. The average molecular weight is 297 g/mol. The summed E-state index contributed by atoms with van der Waals surface area (Å²) in [5, 5.41) is 3.95. The molecule has 4 nitrogen and oxygen atoms in total. The molecule has 0 amide bonds. The Bertz CT molecular complexity index is 598. The van der Waals surface area contributed by atoms with Crippen LogP contribution in [0.25, 0.3) is 6.08 Å². The van der Waals surface area contributed by atoms with Gasteiger partial charge in [-0.1, -0.05) is 47.6 Å². The molecular formula is C18H23N3O. The van der Waals surface area contributed by atoms with Crippen LogP contribution in [-0.4, -0.2) is 47.7 Å². The van der Waals surface area contributed by atoms with Gasteiger partial charge in [-0.05, 0) is 12.5 Å². The standard InChI is InChI=1S/C18H23N3O/c1-16-14-18(22-19-16)15-21-12-10-20(11-13-21)9-5-8-17-6-3-2-4-7-17/h2-8,14H,9-13,15H2,1H3/b8-5+. The molecule has 116 valence electrons. The Morgan fingerprint density at radius 1 is 1.09 bits per heavy atom. The third-order valence-electron chi connectivity index (χ3n) is 3.99. The maximum atomic E-state index is 5.29. The van der Waals surface area contributed by atoms with Gasteiger partial charge in [0.25, 0.3) is 0 Å². The van der Waals surface area contributed by atoms with Crippen LogP contribution in [0.2, 0.25) is 0 Å². The first-order chi connectivity index (χ1) is 10.8. The molecule has 0 radical (unpaired) electrons. The second-order valence-corrected chi connectivity index (χ2v) is 5.82. The second kappa shape index (κ2) is 7.38. The van der Waals surface area contributed by atoms with E-state index in [9.17, 15) is 0 Å². The molecule has 0 atom stereocenters. The molecule has 0 aliphatic carbocycles. The number of rotatable bonds is 5. The first-order valence-corrected chi connectivity index (χ1v) is 7.88. The van der Waals surface area contributed by atoms with Gasteiger partial charge in [-0.15, -0.1) is 0 Å². The molecule has 0 spiro atoms. The molecule has 1 aromatic carbocycles. The highest BCUT2D eigenvalue weighted by molar-refractivity contribution is 5.48. The van der Waals surface area contributed by atoms with E-state index in [0.717, 1.165) is 50.7 Å². The Kier molecular flexibility index (Phi) is 5.03. The van der Waals surface area contributed by atoms with E-state index in [1.54, 1.807) is 0 Å². The summed E-state index contributed by atoms with van der Waals surface area (Å²) >= 11 is 0. The molecule has 4 heteroatoms. The molecule has 1 aliphatic heterocycles. The molecule has 22 heavy (non-hydrogen) atoms. The predicted molar refractivity (Wildman–Crippen MR) is 88.4 cm³/mol. The quantitative estimate of drug-likeness (QED) is 0.849. The van der Waals surface area contributed by atoms with Crippen molar-refractivity contribution in [1.29, 1.82) is 0 Å². The molecule has 0 N–H and O–H groups in total. The molecule has 2 aromatic rings. The van der Waals surface area contributed by atoms with E-state index in [2.05, 4.69) is 51.4 Å². The fourth-order valence-corrected chi connectivity index (χ4v) is 2.74. The number of hydrogen-bond acceptors (Lipinski definition) is 4. The van der Waals surface area contributed by atoms with Crippen molar-refractivity contribution in [2.24, 2.45) is 0 Å². The van der Waals surface area contributed by atoms with E-state index < -0.39 is 0 Å². The van der Waals surface area contributed by atoms with Crippen LogP contribution in [-0.2, 0) is 6.54 Å². The smallest absolute Gasteiger partial charge is 0.150 e. The van der Waals surface area contributed by atoms with Gasteiger partial charge in [0.05, 0.1) is 12.2 Å². The van der Waals surface area contributed by atoms with Crippen molar-refractivity contribution in [2.45, 2.75) is 13.5 Å². The molecule has 1 aromatic heterocycles. The second-order valence-electron chi connectivity index (χ2n) is 5.82. The van der Waals surface area contributed by atoms with Crippen molar-refractivity contribution in [2.75, 3.05) is 32.7 Å². The molecule has 0 bridgehead atoms. The molecule has 1 saturated heterocycles. The Labute approximate surface area is 132 Å². The summed E-state index contributed by atoms with van der Waals surface area (Å²) < 4.78 is 5.29. The first kappa shape index (κ1) is 15.0. The normalized spacial score (nSPS) is 17.3. The van der Waals surface area contributed by atoms with E-state index in [4.69, 9.17) is 4.52 Å². The third kappa shape index (κ3) is 4.29. The minimum atomic E-state index is 0.870. The number of aryl methyl sites for hydroxylation is 1. The Hall–Kier alpha value is -1.91. The van der Waals surface area contributed by atoms with Crippen molar-refractivity contribution in [3.05, 3.63) is 59.5 Å². The van der Waals surface area contributed by atoms with Crippen LogP contribution in [0.3, 0.4) is 0 Å². The fourth-order valence-electron chi connectivity index (χ4n) is 2.74. The summed E-state index contributed by atoms with van der Waals surface area (Å²) in [5.74, 6) is 0.968. The van der Waals surface area contributed by atoms with Gasteiger partial charge < -0.3 is 4.52 Å². The fraction of sp³-hybridized carbons (Fsp3) is 0.389. The lowest BCUT2D eigenvalue weighted by atomic mass is 10.2. The zero-order valence-corrected chi connectivity index (χ0v) is 13.1. The highest BCUT2D eigenvalue weighted by atomic mass is 16.5. The highest BCUT2D eigenvalue weighted by Gasteiger charge is 2.17. The minimum Gasteiger partial charge on any atom is -0.360 e. The van der Waals surface area contributed by atoms with Crippen molar-refractivity contribution < 1.29 is 4.52 Å². The number of aromatic nitrogens is 1. The molecular weight excluding hydrogens is 274 g/mol. The van der Waals surface area contributed by atoms with Crippen LogP contribution >= 0.6 is 0 Å². The van der Waals surface area contributed by atoms with Crippen LogP contribution in [0.1, 0.15) is 17.0 Å². The molecule has 1 aliphatic rings. The Morgan fingerprint density at radius 3 is 2.50 bits per heavy atom. The monoisotopic (exact) mass is 297 g/mol. The number of nitrogens with zero attached hydrogens (tertiary/aromatic N) is 3. The van der Waals surface area contributed by atoms with Gasteiger partial charge in [-0.25, -0.2) is 0 Å². The lowest BCUT2D eigenvalue weighted by molar-refractivity contribution is 0.127. The van der Waals surface area contributed by atoms with Crippen LogP contribution in [0, 0.1) is 6.92 Å². The molecule has 1 fully saturated rings. The van der Waals surface area contributed by atoms with Gasteiger partial charge in [-0.2, -0.15) is 0 Å². The summed E-state index contributed by atoms with van der Waals surface area (Å²) in [6.07, 6.45) is 4.45. The summed E-state index contributed by atoms with van der Waals surface area (Å²) in [6.45, 7) is 8.22. The molecule has 3 rings (SSSR count). The highest BCUT2D eigenvalue weighted by Crippen LogP contribution is 2.10. The maximum Gasteiger partial charge on any atom is 0.150 e. The maximum absolute atomic E-state index is 5.29. The van der Waals surface area contributed by atoms with E-state index >= 15 is 0 Å². The number of piperazine rings is 1. The molecule has 2 heterocycles. The Balaban J connectivity index is 1.41. The van der Waals surface area contributed by atoms with Gasteiger partial charge in [-0.3, -0.25) is 9.80 Å². The number of benzene rings is 1. The zero-order chi connectivity index (χ0) is 15.2. The van der Waals surface area contributed by atoms with E-state index in [-0.39, 0.29) is 0 Å². The molecule has 0 saturated carbocycles. The number of hydrogen-bond donors (Lipinski definition) is 0. The van der Waals surface area contributed by atoms with Gasteiger partial charge >= 0.3 is 0 Å². The van der Waals surface area contributed by atoms with Gasteiger partial charge in [0, 0.05) is 38.8 Å². The summed E-state index contributed by atoms with van der Waals surface area (Å²) in [7, 11) is 0. The van der Waals surface area contributed by atoms with Gasteiger partial charge in [0.1, 0.15) is 0 Å². The average Bonchev–Trinajstić information content (AvgIpc) is 2.95. The summed E-state index contributed by atoms with van der Waals surface area (Å²) in [6, 6.07) is 12.5. The van der Waals surface area contributed by atoms with Crippen LogP contribution in [0.4, 0.5) is 0 Å². The largest absolute Gasteiger partial charge is 0.360 e. The lowest BCUT2D eigenvalue weighted by Crippen LogP contribution is -2.45. The van der Waals surface area contributed by atoms with Crippen molar-refractivity contribution in [3.63, 3.8) is 0 Å². The Morgan fingerprint density at radius 2 is 1.82 bits per heavy atom. The topological polar surface area (TPSA) is 32.5 Å². The summed E-state index contributed by atoms with van der Waals surface area (Å²) in [5.41, 5.74) is 2.22. The van der Waals surface area contributed by atoms with Gasteiger partial charge in [0.15, 0.2) is 5.76 Å². The zero-order valence-electron chi connectivity index (χ0n) is 13.1.